The molecule has 0 heterocycles. The van der Waals surface area contributed by atoms with E-state index < -0.39 is 17.5 Å². The van der Waals surface area contributed by atoms with Crippen LogP contribution < -0.4 is 0 Å². The van der Waals surface area contributed by atoms with E-state index in [0.717, 1.165) is 86.6 Å². The van der Waals surface area contributed by atoms with Gasteiger partial charge in [0.2, 0.25) is 0 Å². The second-order valence-corrected chi connectivity index (χ2v) is 9.92. The number of nitriles is 1. The van der Waals surface area contributed by atoms with E-state index in [1.807, 2.05) is 18.2 Å². The fourth-order valence-corrected chi connectivity index (χ4v) is 4.83. The molecule has 0 N–H and O–H groups in total. The zero-order valence-electron chi connectivity index (χ0n) is 21.8. The van der Waals surface area contributed by atoms with Crippen molar-refractivity contribution < 1.29 is 17.6 Å². The summed E-state index contributed by atoms with van der Waals surface area (Å²) in [4.78, 5) is 0. The third-order valence-electron chi connectivity index (χ3n) is 7.05. The number of aryl methyl sites for hydroxylation is 2. The van der Waals surface area contributed by atoms with Crippen LogP contribution in [0.2, 0.25) is 0 Å². The molecule has 4 aromatic rings. The largest absolute Gasteiger partial charge is 0.206 e. The summed E-state index contributed by atoms with van der Waals surface area (Å²) in [5, 5.41) is 8.91. The van der Waals surface area contributed by atoms with Crippen LogP contribution >= 0.6 is 0 Å². The van der Waals surface area contributed by atoms with Crippen molar-refractivity contribution in [2.45, 2.75) is 57.8 Å². The Hall–Kier alpha value is -3.91. The van der Waals surface area contributed by atoms with Crippen molar-refractivity contribution in [1.29, 1.82) is 5.26 Å². The molecule has 0 aliphatic rings. The number of nitrogens with zero attached hydrogens (tertiary/aromatic N) is 1. The van der Waals surface area contributed by atoms with Gasteiger partial charge in [0.25, 0.3) is 0 Å². The third kappa shape index (κ3) is 7.80. The lowest BCUT2D eigenvalue weighted by Crippen LogP contribution is -1.92. The molecule has 0 amide bonds. The highest BCUT2D eigenvalue weighted by Gasteiger charge is 2.10. The number of hydrogen-bond acceptors (Lipinski definition) is 1. The minimum Gasteiger partial charge on any atom is -0.206 e. The van der Waals surface area contributed by atoms with Crippen LogP contribution in [0.15, 0.2) is 78.9 Å². The summed E-state index contributed by atoms with van der Waals surface area (Å²) in [5.74, 6) is -2.60. The Balaban J connectivity index is 1.11. The zero-order valence-corrected chi connectivity index (χ0v) is 21.8. The average molecular weight is 530 g/mol. The van der Waals surface area contributed by atoms with Crippen LogP contribution in [0.1, 0.15) is 61.6 Å². The minimum absolute atomic E-state index is 0.240. The molecule has 0 aliphatic heterocycles. The summed E-state index contributed by atoms with van der Waals surface area (Å²) in [5.41, 5.74) is 4.35. The fourth-order valence-electron chi connectivity index (χ4n) is 4.83. The predicted molar refractivity (Wildman–Crippen MR) is 148 cm³/mol. The summed E-state index contributed by atoms with van der Waals surface area (Å²) in [7, 11) is 0. The topological polar surface area (TPSA) is 23.8 Å². The van der Waals surface area contributed by atoms with Crippen molar-refractivity contribution in [2.75, 3.05) is 0 Å². The number of rotatable bonds is 12. The molecule has 5 heteroatoms. The van der Waals surface area contributed by atoms with Crippen molar-refractivity contribution >= 4 is 0 Å². The van der Waals surface area contributed by atoms with Gasteiger partial charge in [0, 0.05) is 11.1 Å². The maximum Gasteiger partial charge on any atom is 0.159 e. The Morgan fingerprint density at radius 2 is 0.949 bits per heavy atom. The van der Waals surface area contributed by atoms with Gasteiger partial charge in [-0.3, -0.25) is 0 Å². The van der Waals surface area contributed by atoms with Gasteiger partial charge in [0.05, 0.1) is 11.6 Å². The molecule has 0 saturated carbocycles. The van der Waals surface area contributed by atoms with Crippen LogP contribution in [0.5, 0.6) is 0 Å². The first-order chi connectivity index (χ1) is 18.9. The van der Waals surface area contributed by atoms with Gasteiger partial charge in [-0.15, -0.1) is 0 Å². The van der Waals surface area contributed by atoms with Crippen molar-refractivity contribution in [1.82, 2.24) is 0 Å². The van der Waals surface area contributed by atoms with E-state index >= 15 is 0 Å². The van der Waals surface area contributed by atoms with Crippen molar-refractivity contribution in [3.63, 3.8) is 0 Å². The Labute approximate surface area is 227 Å². The fraction of sp³-hybridized carbons (Fsp3) is 0.265. The second kappa shape index (κ2) is 13.8. The van der Waals surface area contributed by atoms with Gasteiger partial charge in [-0.05, 0) is 84.3 Å². The molecule has 39 heavy (non-hydrogen) atoms. The van der Waals surface area contributed by atoms with E-state index in [-0.39, 0.29) is 11.4 Å². The average Bonchev–Trinajstić information content (AvgIpc) is 2.94. The van der Waals surface area contributed by atoms with Crippen LogP contribution in [-0.4, -0.2) is 0 Å². The standard InChI is InChI=1S/C34H31F4N/c35-31-19-16-28(22-34(31)38)30-18-13-25(21-33(30)37)9-7-5-3-1-2-4-6-8-24-12-17-29(32(36)20-24)27-14-10-26(23-39)11-15-27/h10-22H,1-9H2. The molecular weight excluding hydrogens is 498 g/mol. The van der Waals surface area contributed by atoms with E-state index in [2.05, 4.69) is 6.07 Å². The molecule has 0 unspecified atom stereocenters. The normalized spacial score (nSPS) is 10.9. The van der Waals surface area contributed by atoms with Gasteiger partial charge >= 0.3 is 0 Å². The van der Waals surface area contributed by atoms with Gasteiger partial charge < -0.3 is 0 Å². The second-order valence-electron chi connectivity index (χ2n) is 9.92. The number of hydrogen-bond donors (Lipinski definition) is 0. The van der Waals surface area contributed by atoms with Gasteiger partial charge in [0.15, 0.2) is 11.6 Å². The SMILES string of the molecule is N#Cc1ccc(-c2ccc(CCCCCCCCCc3ccc(-c4ccc(F)c(F)c4)c(F)c3)cc2F)cc1. The summed E-state index contributed by atoms with van der Waals surface area (Å²) in [6.07, 6.45) is 9.14. The number of halogens is 4. The van der Waals surface area contributed by atoms with E-state index in [1.54, 1.807) is 36.4 Å². The first-order valence-corrected chi connectivity index (χ1v) is 13.5. The van der Waals surface area contributed by atoms with Crippen LogP contribution in [0.25, 0.3) is 22.3 Å². The van der Waals surface area contributed by atoms with E-state index in [4.69, 9.17) is 5.26 Å². The highest BCUT2D eigenvalue weighted by molar-refractivity contribution is 5.66. The summed E-state index contributed by atoms with van der Waals surface area (Å²) < 4.78 is 55.8. The third-order valence-corrected chi connectivity index (χ3v) is 7.05. The van der Waals surface area contributed by atoms with Gasteiger partial charge in [-0.1, -0.05) is 74.6 Å². The van der Waals surface area contributed by atoms with E-state index in [1.165, 1.54) is 12.1 Å². The molecular formula is C34H31F4N. The maximum atomic E-state index is 14.6. The molecule has 4 rings (SSSR count). The Morgan fingerprint density at radius 3 is 1.44 bits per heavy atom. The maximum absolute atomic E-state index is 14.6. The van der Waals surface area contributed by atoms with Gasteiger partial charge in [-0.2, -0.15) is 5.26 Å². The van der Waals surface area contributed by atoms with Gasteiger partial charge in [0.1, 0.15) is 11.6 Å². The molecule has 200 valence electrons. The van der Waals surface area contributed by atoms with E-state index in [0.29, 0.717) is 16.7 Å². The molecule has 0 aromatic heterocycles. The Bertz CT molecular complexity index is 1440. The smallest absolute Gasteiger partial charge is 0.159 e. The van der Waals surface area contributed by atoms with Crippen LogP contribution in [0.4, 0.5) is 17.6 Å². The van der Waals surface area contributed by atoms with Crippen molar-refractivity contribution in [3.8, 4) is 28.3 Å². The lowest BCUT2D eigenvalue weighted by Gasteiger charge is -2.08. The molecule has 0 atom stereocenters. The first kappa shape index (κ1) is 28.1. The molecule has 0 saturated heterocycles. The van der Waals surface area contributed by atoms with Crippen molar-refractivity contribution in [2.24, 2.45) is 0 Å². The van der Waals surface area contributed by atoms with Crippen LogP contribution in [0, 0.1) is 34.6 Å². The monoisotopic (exact) mass is 529 g/mol. The first-order valence-electron chi connectivity index (χ1n) is 13.5. The molecule has 0 bridgehead atoms. The summed E-state index contributed by atoms with van der Waals surface area (Å²) in [6, 6.07) is 22.8. The van der Waals surface area contributed by atoms with E-state index in [9.17, 15) is 17.6 Å². The molecule has 1 nitrogen and oxygen atoms in total. The van der Waals surface area contributed by atoms with Gasteiger partial charge in [-0.25, -0.2) is 17.6 Å². The number of unbranched alkanes of at least 4 members (excludes halogenated alkanes) is 6. The minimum atomic E-state index is -0.986. The molecule has 0 radical (unpaired) electrons. The van der Waals surface area contributed by atoms with Crippen molar-refractivity contribution in [3.05, 3.63) is 119 Å². The zero-order chi connectivity index (χ0) is 27.6. The molecule has 0 spiro atoms. The predicted octanol–water partition coefficient (Wildman–Crippen LogP) is 9.96. The lowest BCUT2D eigenvalue weighted by atomic mass is 9.99. The van der Waals surface area contributed by atoms with Crippen LogP contribution in [-0.2, 0) is 12.8 Å². The highest BCUT2D eigenvalue weighted by Crippen LogP contribution is 2.27. The quantitative estimate of drug-likeness (QED) is 0.132. The summed E-state index contributed by atoms with van der Waals surface area (Å²) >= 11 is 0. The Morgan fingerprint density at radius 1 is 0.462 bits per heavy atom. The Kier molecular flexibility index (Phi) is 9.91. The molecule has 4 aromatic carbocycles. The number of benzene rings is 4. The molecule has 0 fully saturated rings. The highest BCUT2D eigenvalue weighted by atomic mass is 19.2. The summed E-state index contributed by atoms with van der Waals surface area (Å²) in [6.45, 7) is 0. The van der Waals surface area contributed by atoms with Crippen LogP contribution in [0.3, 0.4) is 0 Å². The molecule has 0 aliphatic carbocycles. The lowest BCUT2D eigenvalue weighted by molar-refractivity contribution is 0.509.